The van der Waals surface area contributed by atoms with Crippen molar-refractivity contribution in [3.05, 3.63) is 60.2 Å². The molecule has 1 spiro atoms. The van der Waals surface area contributed by atoms with Gasteiger partial charge in [0, 0.05) is 25.0 Å². The molecular weight excluding hydrogens is 333 g/mol. The first-order chi connectivity index (χ1) is 12.6. The van der Waals surface area contributed by atoms with E-state index in [1.54, 1.807) is 23.2 Å². The molecule has 26 heavy (non-hydrogen) atoms. The van der Waals surface area contributed by atoms with Gasteiger partial charge in [0.05, 0.1) is 17.8 Å². The molecule has 3 heterocycles. The quantitative estimate of drug-likeness (QED) is 0.849. The molecule has 2 aliphatic rings. The van der Waals surface area contributed by atoms with E-state index in [0.717, 1.165) is 43.9 Å². The molecule has 2 fully saturated rings. The molecule has 2 aliphatic heterocycles. The lowest BCUT2D eigenvalue weighted by atomic mass is 9.90. The molecule has 0 N–H and O–H groups in total. The first-order valence-electron chi connectivity index (χ1n) is 8.96. The highest BCUT2D eigenvalue weighted by Gasteiger charge is 2.43. The van der Waals surface area contributed by atoms with Gasteiger partial charge < -0.3 is 9.64 Å². The van der Waals surface area contributed by atoms with Crippen LogP contribution in [0, 0.1) is 5.82 Å². The van der Waals surface area contributed by atoms with Crippen LogP contribution in [0.1, 0.15) is 18.5 Å². The number of carbonyl (C=O) groups excluding carboxylic acids is 1. The minimum atomic E-state index is -0.380. The van der Waals surface area contributed by atoms with Crippen molar-refractivity contribution in [1.29, 1.82) is 0 Å². The Balaban J connectivity index is 1.50. The minimum Gasteiger partial charge on any atom is -0.362 e. The Hall–Kier alpha value is -2.31. The molecule has 4 rings (SSSR count). The zero-order valence-electron chi connectivity index (χ0n) is 14.6. The average Bonchev–Trinajstić information content (AvgIpc) is 2.66. The van der Waals surface area contributed by atoms with E-state index in [1.807, 2.05) is 18.2 Å². The van der Waals surface area contributed by atoms with E-state index in [1.165, 1.54) is 12.1 Å². The van der Waals surface area contributed by atoms with Crippen LogP contribution < -0.4 is 4.90 Å². The fourth-order valence-electron chi connectivity index (χ4n) is 3.86. The number of halogens is 1. The molecule has 5 nitrogen and oxygen atoms in total. The minimum absolute atomic E-state index is 0.0643. The summed E-state index contributed by atoms with van der Waals surface area (Å²) in [5.74, 6) is -0.382. The summed E-state index contributed by atoms with van der Waals surface area (Å²) in [7, 11) is 0. The number of aromatic nitrogens is 1. The molecule has 1 atom stereocenters. The average molecular weight is 355 g/mol. The third kappa shape index (κ3) is 3.61. The third-order valence-corrected chi connectivity index (χ3v) is 5.12. The molecule has 136 valence electrons. The van der Waals surface area contributed by atoms with Gasteiger partial charge in [0.1, 0.15) is 12.4 Å². The maximum atomic E-state index is 13.2. The van der Waals surface area contributed by atoms with E-state index in [-0.39, 0.29) is 23.9 Å². The van der Waals surface area contributed by atoms with Crippen LogP contribution in [0.3, 0.4) is 0 Å². The second kappa shape index (κ2) is 7.13. The van der Waals surface area contributed by atoms with E-state index in [9.17, 15) is 9.18 Å². The van der Waals surface area contributed by atoms with Crippen LogP contribution in [0.25, 0.3) is 0 Å². The smallest absolute Gasteiger partial charge is 0.253 e. The normalized spacial score (nSPS) is 24.2. The van der Waals surface area contributed by atoms with Crippen LogP contribution in [0.2, 0.25) is 0 Å². The van der Waals surface area contributed by atoms with Crippen molar-refractivity contribution in [2.45, 2.75) is 25.0 Å². The Bertz CT molecular complexity index is 768. The van der Waals surface area contributed by atoms with E-state index in [2.05, 4.69) is 9.88 Å². The lowest BCUT2D eigenvalue weighted by molar-refractivity contribution is -0.146. The molecule has 2 saturated heterocycles. The van der Waals surface area contributed by atoms with E-state index < -0.39 is 0 Å². The van der Waals surface area contributed by atoms with Gasteiger partial charge >= 0.3 is 0 Å². The van der Waals surface area contributed by atoms with Crippen LogP contribution in [-0.2, 0) is 16.1 Å². The maximum absolute atomic E-state index is 13.2. The zero-order valence-corrected chi connectivity index (χ0v) is 14.6. The van der Waals surface area contributed by atoms with Crippen molar-refractivity contribution in [2.75, 3.05) is 31.1 Å². The van der Waals surface area contributed by atoms with Crippen molar-refractivity contribution in [3.8, 4) is 0 Å². The summed E-state index contributed by atoms with van der Waals surface area (Å²) in [6, 6.07) is 12.0. The zero-order chi connectivity index (χ0) is 18.0. The topological polar surface area (TPSA) is 45.7 Å². The summed E-state index contributed by atoms with van der Waals surface area (Å²) in [6.45, 7) is 3.09. The highest BCUT2D eigenvalue weighted by atomic mass is 19.1. The number of benzene rings is 1. The van der Waals surface area contributed by atoms with Gasteiger partial charge in [-0.25, -0.2) is 4.39 Å². The number of morpholine rings is 1. The van der Waals surface area contributed by atoms with Crippen molar-refractivity contribution in [3.63, 3.8) is 0 Å². The Kier molecular flexibility index (Phi) is 4.70. The molecule has 0 saturated carbocycles. The number of pyridine rings is 1. The summed E-state index contributed by atoms with van der Waals surface area (Å²) >= 11 is 0. The fourth-order valence-corrected chi connectivity index (χ4v) is 3.86. The van der Waals surface area contributed by atoms with Crippen molar-refractivity contribution in [2.24, 2.45) is 0 Å². The molecule has 1 aromatic heterocycles. The number of carbonyl (C=O) groups is 1. The monoisotopic (exact) mass is 355 g/mol. The number of amides is 1. The van der Waals surface area contributed by atoms with Gasteiger partial charge in [0.15, 0.2) is 0 Å². The van der Waals surface area contributed by atoms with Crippen LogP contribution in [0.4, 0.5) is 10.1 Å². The van der Waals surface area contributed by atoms with Gasteiger partial charge in [0.2, 0.25) is 0 Å². The van der Waals surface area contributed by atoms with Crippen LogP contribution in [0.15, 0.2) is 48.7 Å². The highest BCUT2D eigenvalue weighted by Crippen LogP contribution is 2.32. The van der Waals surface area contributed by atoms with Gasteiger partial charge in [-0.1, -0.05) is 6.07 Å². The fraction of sp³-hybridized carbons (Fsp3) is 0.400. The molecule has 2 aromatic rings. The lowest BCUT2D eigenvalue weighted by Crippen LogP contribution is -2.61. The van der Waals surface area contributed by atoms with Gasteiger partial charge in [-0.05, 0) is 55.8 Å². The van der Waals surface area contributed by atoms with Crippen LogP contribution in [0.5, 0.6) is 0 Å². The lowest BCUT2D eigenvalue weighted by Gasteiger charge is -2.47. The SMILES string of the molecule is O=C1COC2(CCCN(Cc3ccccn3)C2)CN1c1ccc(F)cc1. The number of likely N-dealkylation sites (tertiary alicyclic amines) is 1. The molecule has 0 bridgehead atoms. The second-order valence-electron chi connectivity index (χ2n) is 7.06. The number of hydrogen-bond acceptors (Lipinski definition) is 4. The molecule has 6 heteroatoms. The summed E-state index contributed by atoms with van der Waals surface area (Å²) < 4.78 is 19.3. The van der Waals surface area contributed by atoms with Crippen LogP contribution >= 0.6 is 0 Å². The summed E-state index contributed by atoms with van der Waals surface area (Å²) in [4.78, 5) is 20.8. The Morgan fingerprint density at radius 3 is 2.77 bits per heavy atom. The first-order valence-corrected chi connectivity index (χ1v) is 8.96. The van der Waals surface area contributed by atoms with Gasteiger partial charge in [0.25, 0.3) is 5.91 Å². The van der Waals surface area contributed by atoms with Crippen LogP contribution in [-0.4, -0.2) is 47.6 Å². The van der Waals surface area contributed by atoms with Crippen molar-refractivity contribution >= 4 is 11.6 Å². The number of piperidine rings is 1. The Labute approximate surface area is 152 Å². The highest BCUT2D eigenvalue weighted by molar-refractivity contribution is 5.95. The number of nitrogens with zero attached hydrogens (tertiary/aromatic N) is 3. The van der Waals surface area contributed by atoms with E-state index >= 15 is 0 Å². The predicted molar refractivity (Wildman–Crippen MR) is 96.2 cm³/mol. The van der Waals surface area contributed by atoms with Gasteiger partial charge in [-0.3, -0.25) is 14.7 Å². The van der Waals surface area contributed by atoms with E-state index in [4.69, 9.17) is 4.74 Å². The maximum Gasteiger partial charge on any atom is 0.253 e. The number of hydrogen-bond donors (Lipinski definition) is 0. The standard InChI is InChI=1S/C20H22FN3O2/c21-16-5-7-18(8-6-16)24-15-20(26-13-19(24)25)9-3-11-23(14-20)12-17-4-1-2-10-22-17/h1-2,4-8,10H,3,9,11-15H2. The number of anilines is 1. The second-order valence-corrected chi connectivity index (χ2v) is 7.06. The van der Waals surface area contributed by atoms with Gasteiger partial charge in [-0.2, -0.15) is 0 Å². The molecular formula is C20H22FN3O2. The largest absolute Gasteiger partial charge is 0.362 e. The molecule has 1 amide bonds. The summed E-state index contributed by atoms with van der Waals surface area (Å²) in [6.07, 6.45) is 3.73. The Morgan fingerprint density at radius 1 is 1.15 bits per heavy atom. The van der Waals surface area contributed by atoms with E-state index in [0.29, 0.717) is 6.54 Å². The first kappa shape index (κ1) is 17.1. The molecule has 0 aliphatic carbocycles. The molecule has 1 unspecified atom stereocenters. The van der Waals surface area contributed by atoms with Crippen molar-refractivity contribution in [1.82, 2.24) is 9.88 Å². The predicted octanol–water partition coefficient (Wildman–Crippen LogP) is 2.62. The number of ether oxygens (including phenoxy) is 1. The summed E-state index contributed by atoms with van der Waals surface area (Å²) in [5.41, 5.74) is 1.38. The van der Waals surface area contributed by atoms with Crippen molar-refractivity contribution < 1.29 is 13.9 Å². The molecule has 0 radical (unpaired) electrons. The van der Waals surface area contributed by atoms with Gasteiger partial charge in [-0.15, -0.1) is 0 Å². The molecule has 1 aromatic carbocycles. The third-order valence-electron chi connectivity index (χ3n) is 5.12. The summed E-state index contributed by atoms with van der Waals surface area (Å²) in [5, 5.41) is 0. The Morgan fingerprint density at radius 2 is 2.00 bits per heavy atom. The number of rotatable bonds is 3.